The quantitative estimate of drug-likeness (QED) is 0.444. The molecule has 12 heteroatoms. The molecule has 0 aromatic heterocycles. The lowest BCUT2D eigenvalue weighted by atomic mass is 10.1. The van der Waals surface area contributed by atoms with Gasteiger partial charge in [-0.25, -0.2) is 12.8 Å². The van der Waals surface area contributed by atoms with E-state index in [9.17, 15) is 22.4 Å². The van der Waals surface area contributed by atoms with Gasteiger partial charge in [0.15, 0.2) is 0 Å². The van der Waals surface area contributed by atoms with Crippen molar-refractivity contribution in [2.45, 2.75) is 45.8 Å². The third-order valence-corrected chi connectivity index (χ3v) is 7.54. The molecular formula is C23H27Cl3FN3O4S. The first-order chi connectivity index (χ1) is 16.2. The zero-order valence-electron chi connectivity index (χ0n) is 19.7. The minimum Gasteiger partial charge on any atom is -0.352 e. The normalized spacial score (nSPS) is 13.1. The summed E-state index contributed by atoms with van der Waals surface area (Å²) >= 11 is 17.9. The number of carbonyl (C=O) groups is 2. The average molecular weight is 567 g/mol. The van der Waals surface area contributed by atoms with E-state index in [-0.39, 0.29) is 28.3 Å². The van der Waals surface area contributed by atoms with E-state index in [1.54, 1.807) is 25.1 Å². The van der Waals surface area contributed by atoms with Gasteiger partial charge in [-0.3, -0.25) is 13.9 Å². The van der Waals surface area contributed by atoms with Gasteiger partial charge in [0.1, 0.15) is 18.4 Å². The molecule has 1 N–H and O–H groups in total. The molecule has 35 heavy (non-hydrogen) atoms. The number of anilines is 1. The molecule has 0 heterocycles. The molecule has 2 unspecified atom stereocenters. The van der Waals surface area contributed by atoms with Crippen LogP contribution in [0.1, 0.15) is 32.8 Å². The molecule has 0 bridgehead atoms. The Labute approximate surface area is 220 Å². The van der Waals surface area contributed by atoms with E-state index < -0.39 is 40.2 Å². The number of hydrogen-bond donors (Lipinski definition) is 1. The topological polar surface area (TPSA) is 86.8 Å². The highest BCUT2D eigenvalue weighted by Gasteiger charge is 2.30. The lowest BCUT2D eigenvalue weighted by Gasteiger charge is -2.32. The molecule has 0 spiro atoms. The summed E-state index contributed by atoms with van der Waals surface area (Å²) in [6.45, 7) is 4.62. The Balaban J connectivity index is 2.43. The second kappa shape index (κ2) is 12.3. The molecule has 0 aliphatic heterocycles. The van der Waals surface area contributed by atoms with Crippen LogP contribution in [0.25, 0.3) is 0 Å². The zero-order valence-corrected chi connectivity index (χ0v) is 22.8. The van der Waals surface area contributed by atoms with Crippen LogP contribution >= 0.6 is 34.8 Å². The average Bonchev–Trinajstić information content (AvgIpc) is 2.78. The van der Waals surface area contributed by atoms with Crippen molar-refractivity contribution in [1.29, 1.82) is 0 Å². The molecule has 0 aliphatic rings. The highest BCUT2D eigenvalue weighted by molar-refractivity contribution is 7.92. The molecule has 0 saturated heterocycles. The maximum atomic E-state index is 13.6. The van der Waals surface area contributed by atoms with Gasteiger partial charge in [0, 0.05) is 12.6 Å². The minimum atomic E-state index is -3.96. The van der Waals surface area contributed by atoms with Crippen LogP contribution in [0.5, 0.6) is 0 Å². The molecule has 2 amide bonds. The second-order valence-electron chi connectivity index (χ2n) is 8.13. The maximum Gasteiger partial charge on any atom is 0.244 e. The summed E-state index contributed by atoms with van der Waals surface area (Å²) in [4.78, 5) is 27.6. The van der Waals surface area contributed by atoms with Crippen molar-refractivity contribution < 1.29 is 22.4 Å². The molecular weight excluding hydrogens is 540 g/mol. The number of nitrogens with zero attached hydrogens (tertiary/aromatic N) is 2. The molecule has 2 atom stereocenters. The summed E-state index contributed by atoms with van der Waals surface area (Å²) in [7, 11) is -3.96. The van der Waals surface area contributed by atoms with Crippen molar-refractivity contribution in [3.05, 3.63) is 62.8 Å². The Morgan fingerprint density at radius 3 is 2.23 bits per heavy atom. The molecule has 0 aliphatic carbocycles. The monoisotopic (exact) mass is 565 g/mol. The van der Waals surface area contributed by atoms with Gasteiger partial charge in [-0.1, -0.05) is 47.8 Å². The van der Waals surface area contributed by atoms with Gasteiger partial charge in [0.2, 0.25) is 21.8 Å². The molecule has 2 aromatic rings. The summed E-state index contributed by atoms with van der Waals surface area (Å²) in [6.07, 6.45) is 1.60. The Hall–Kier alpha value is -2.07. The van der Waals surface area contributed by atoms with Crippen LogP contribution in [0.2, 0.25) is 15.1 Å². The van der Waals surface area contributed by atoms with Gasteiger partial charge in [-0.2, -0.15) is 0 Å². The predicted molar refractivity (Wildman–Crippen MR) is 138 cm³/mol. The fourth-order valence-corrected chi connectivity index (χ4v) is 4.47. The minimum absolute atomic E-state index is 0.0125. The van der Waals surface area contributed by atoms with Crippen molar-refractivity contribution >= 4 is 62.3 Å². The first kappa shape index (κ1) is 29.2. The number of halogens is 4. The first-order valence-corrected chi connectivity index (χ1v) is 13.7. The summed E-state index contributed by atoms with van der Waals surface area (Å²) in [5.74, 6) is -1.79. The molecule has 0 fully saturated rings. The number of hydrogen-bond acceptors (Lipinski definition) is 4. The SMILES string of the molecule is CCC(C)NC(=O)C(C)N(Cc1ccc(Cl)c(Cl)c1)C(=O)CN(c1ccc(F)c(Cl)c1)S(C)(=O)=O. The number of benzene rings is 2. The van der Waals surface area contributed by atoms with E-state index in [2.05, 4.69) is 5.32 Å². The van der Waals surface area contributed by atoms with Crippen LogP contribution in [0.3, 0.4) is 0 Å². The smallest absolute Gasteiger partial charge is 0.244 e. The first-order valence-electron chi connectivity index (χ1n) is 10.7. The highest BCUT2D eigenvalue weighted by Crippen LogP contribution is 2.26. The van der Waals surface area contributed by atoms with E-state index in [1.165, 1.54) is 11.0 Å². The van der Waals surface area contributed by atoms with Crippen LogP contribution in [-0.4, -0.2) is 50.0 Å². The summed E-state index contributed by atoms with van der Waals surface area (Å²) in [6, 6.07) is 7.06. The standard InChI is InChI=1S/C23H27Cl3FN3O4S/c1-5-14(2)28-23(32)15(3)29(12-16-6-8-18(24)19(25)10-16)22(31)13-30(35(4,33)34)17-7-9-21(27)20(26)11-17/h6-11,14-15H,5,12-13H2,1-4H3,(H,28,32). The van der Waals surface area contributed by atoms with E-state index in [0.717, 1.165) is 22.7 Å². The third-order valence-electron chi connectivity index (χ3n) is 5.38. The van der Waals surface area contributed by atoms with Gasteiger partial charge in [-0.05, 0) is 56.2 Å². The van der Waals surface area contributed by atoms with Crippen molar-refractivity contribution in [3.63, 3.8) is 0 Å². The number of sulfonamides is 1. The van der Waals surface area contributed by atoms with Gasteiger partial charge in [0.05, 0.1) is 27.0 Å². The van der Waals surface area contributed by atoms with Gasteiger partial charge in [0.25, 0.3) is 0 Å². The molecule has 0 radical (unpaired) electrons. The highest BCUT2D eigenvalue weighted by atomic mass is 35.5. The largest absolute Gasteiger partial charge is 0.352 e. The fourth-order valence-electron chi connectivity index (χ4n) is 3.14. The summed E-state index contributed by atoms with van der Waals surface area (Å²) in [5, 5.41) is 3.13. The van der Waals surface area contributed by atoms with E-state index in [0.29, 0.717) is 17.0 Å². The lowest BCUT2D eigenvalue weighted by Crippen LogP contribution is -2.52. The molecule has 2 aromatic carbocycles. The molecule has 2 rings (SSSR count). The molecule has 7 nitrogen and oxygen atoms in total. The number of amides is 2. The molecule has 192 valence electrons. The van der Waals surface area contributed by atoms with Crippen LogP contribution in [0, 0.1) is 5.82 Å². The van der Waals surface area contributed by atoms with E-state index in [4.69, 9.17) is 34.8 Å². The second-order valence-corrected chi connectivity index (χ2v) is 11.3. The van der Waals surface area contributed by atoms with Crippen molar-refractivity contribution in [2.24, 2.45) is 0 Å². The Morgan fingerprint density at radius 2 is 1.69 bits per heavy atom. The third kappa shape index (κ3) is 7.96. The predicted octanol–water partition coefficient (Wildman–Crippen LogP) is 4.88. The van der Waals surface area contributed by atoms with Crippen molar-refractivity contribution in [3.8, 4) is 0 Å². The number of nitrogens with one attached hydrogen (secondary N) is 1. The van der Waals surface area contributed by atoms with Gasteiger partial charge < -0.3 is 10.2 Å². The fraction of sp³-hybridized carbons (Fsp3) is 0.391. The van der Waals surface area contributed by atoms with E-state index in [1.807, 2.05) is 13.8 Å². The maximum absolute atomic E-state index is 13.6. The summed E-state index contributed by atoms with van der Waals surface area (Å²) in [5.41, 5.74) is 0.602. The number of rotatable bonds is 10. The van der Waals surface area contributed by atoms with Crippen LogP contribution in [-0.2, 0) is 26.2 Å². The van der Waals surface area contributed by atoms with Crippen LogP contribution in [0.15, 0.2) is 36.4 Å². The Kier molecular flexibility index (Phi) is 10.2. The summed E-state index contributed by atoms with van der Waals surface area (Å²) < 4.78 is 39.5. The van der Waals surface area contributed by atoms with Gasteiger partial charge >= 0.3 is 0 Å². The van der Waals surface area contributed by atoms with Gasteiger partial charge in [-0.15, -0.1) is 0 Å². The van der Waals surface area contributed by atoms with Crippen LogP contribution in [0.4, 0.5) is 10.1 Å². The van der Waals surface area contributed by atoms with E-state index >= 15 is 0 Å². The van der Waals surface area contributed by atoms with Crippen molar-refractivity contribution in [2.75, 3.05) is 17.1 Å². The Morgan fingerprint density at radius 1 is 1.03 bits per heavy atom. The number of carbonyl (C=O) groups excluding carboxylic acids is 2. The van der Waals surface area contributed by atoms with Crippen molar-refractivity contribution in [1.82, 2.24) is 10.2 Å². The molecule has 0 saturated carbocycles. The Bertz CT molecular complexity index is 1200. The lowest BCUT2D eigenvalue weighted by molar-refractivity contribution is -0.139. The van der Waals surface area contributed by atoms with Crippen LogP contribution < -0.4 is 9.62 Å². The zero-order chi connectivity index (χ0) is 26.5.